The first kappa shape index (κ1) is 24.9. The van der Waals surface area contributed by atoms with E-state index in [4.69, 9.17) is 33.0 Å². The first-order valence-corrected chi connectivity index (χ1v) is 12.1. The maximum atomic E-state index is 12.0. The van der Waals surface area contributed by atoms with E-state index in [1.54, 1.807) is 30.3 Å². The minimum absolute atomic E-state index is 0.166. The van der Waals surface area contributed by atoms with Crippen LogP contribution in [0.25, 0.3) is 0 Å². The highest BCUT2D eigenvalue weighted by Crippen LogP contribution is 2.41. The highest BCUT2D eigenvalue weighted by Gasteiger charge is 2.24. The van der Waals surface area contributed by atoms with Gasteiger partial charge in [0, 0.05) is 21.3 Å². The van der Waals surface area contributed by atoms with Crippen molar-refractivity contribution in [3.63, 3.8) is 0 Å². The van der Waals surface area contributed by atoms with Gasteiger partial charge in [-0.15, -0.1) is 0 Å². The number of rotatable bonds is 8. The van der Waals surface area contributed by atoms with Gasteiger partial charge in [0.25, 0.3) is 0 Å². The van der Waals surface area contributed by atoms with Crippen molar-refractivity contribution >= 4 is 40.8 Å². The number of carboxylic acid groups (broad SMARTS) is 1. The Morgan fingerprint density at radius 2 is 1.74 bits per heavy atom. The molecule has 6 nitrogen and oxygen atoms in total. The number of carboxylic acids is 1. The lowest BCUT2D eigenvalue weighted by Gasteiger charge is -2.18. The lowest BCUT2D eigenvalue weighted by molar-refractivity contribution is -0.139. The molecule has 0 fully saturated rings. The van der Waals surface area contributed by atoms with Crippen molar-refractivity contribution in [1.29, 1.82) is 0 Å². The smallest absolute Gasteiger partial charge is 0.312 e. The number of aryl methyl sites for hydroxylation is 2. The Morgan fingerprint density at radius 3 is 2.46 bits per heavy atom. The van der Waals surface area contributed by atoms with Gasteiger partial charge < -0.3 is 20.3 Å². The normalized spacial score (nSPS) is 12.3. The minimum Gasteiger partial charge on any atom is -0.508 e. The average Bonchev–Trinajstić information content (AvgIpc) is 3.27. The lowest BCUT2D eigenvalue weighted by Crippen LogP contribution is -2.17. The standard InChI is InChI=1S/C27H25Cl2NO5/c1-15-12-23(30-25(32)14-26(33)34)18-4-2-5-19(18)27(15)35-17-9-11-24(31)16(13-17)8-10-20-21(28)6-3-7-22(20)29/h3,6-7,9,11-13,31H,2,4-5,8,10,14H2,1H3,(H,30,32)(H,33,34). The molecule has 0 saturated heterocycles. The number of halogens is 2. The van der Waals surface area contributed by atoms with E-state index in [2.05, 4.69) is 5.32 Å². The Kier molecular flexibility index (Phi) is 7.53. The third kappa shape index (κ3) is 5.72. The van der Waals surface area contributed by atoms with Crippen molar-refractivity contribution in [3.8, 4) is 17.2 Å². The zero-order valence-electron chi connectivity index (χ0n) is 19.2. The van der Waals surface area contributed by atoms with Crippen LogP contribution in [0.4, 0.5) is 5.69 Å². The molecular weight excluding hydrogens is 489 g/mol. The molecule has 0 aliphatic heterocycles. The van der Waals surface area contributed by atoms with E-state index in [-0.39, 0.29) is 5.75 Å². The number of ether oxygens (including phenoxy) is 1. The van der Waals surface area contributed by atoms with Crippen LogP contribution in [0.5, 0.6) is 17.2 Å². The molecule has 3 aromatic carbocycles. The summed E-state index contributed by atoms with van der Waals surface area (Å²) in [6.07, 6.45) is 2.99. The van der Waals surface area contributed by atoms with Crippen molar-refractivity contribution in [3.05, 3.63) is 80.3 Å². The van der Waals surface area contributed by atoms with Crippen molar-refractivity contribution < 1.29 is 24.5 Å². The second kappa shape index (κ2) is 10.6. The molecule has 0 spiro atoms. The Labute approximate surface area is 213 Å². The molecule has 0 bridgehead atoms. The van der Waals surface area contributed by atoms with Crippen LogP contribution in [0, 0.1) is 6.92 Å². The number of nitrogens with one attached hydrogen (secondary N) is 1. The van der Waals surface area contributed by atoms with Crippen molar-refractivity contribution in [2.24, 2.45) is 0 Å². The van der Waals surface area contributed by atoms with E-state index in [0.29, 0.717) is 39.9 Å². The molecule has 0 saturated carbocycles. The summed E-state index contributed by atoms with van der Waals surface area (Å²) in [5.74, 6) is -0.251. The number of amides is 1. The highest BCUT2D eigenvalue weighted by molar-refractivity contribution is 6.36. The Balaban J connectivity index is 1.57. The molecule has 1 amide bonds. The molecule has 3 N–H and O–H groups in total. The van der Waals surface area contributed by atoms with Gasteiger partial charge in [0.1, 0.15) is 23.7 Å². The molecular formula is C27H25Cl2NO5. The number of phenols is 1. The predicted molar refractivity (Wildman–Crippen MR) is 136 cm³/mol. The number of fused-ring (bicyclic) bond motifs is 1. The molecule has 8 heteroatoms. The second-order valence-corrected chi connectivity index (χ2v) is 9.41. The molecule has 0 aromatic heterocycles. The minimum atomic E-state index is -1.17. The van der Waals surface area contributed by atoms with Crippen LogP contribution >= 0.6 is 23.2 Å². The lowest BCUT2D eigenvalue weighted by atomic mass is 10.0. The summed E-state index contributed by atoms with van der Waals surface area (Å²) < 4.78 is 6.30. The monoisotopic (exact) mass is 513 g/mol. The molecule has 4 rings (SSSR count). The summed E-state index contributed by atoms with van der Waals surface area (Å²) in [6.45, 7) is 1.89. The van der Waals surface area contributed by atoms with Gasteiger partial charge in [-0.3, -0.25) is 9.59 Å². The van der Waals surface area contributed by atoms with Crippen molar-refractivity contribution in [1.82, 2.24) is 0 Å². The van der Waals surface area contributed by atoms with Gasteiger partial charge in [0.2, 0.25) is 5.91 Å². The van der Waals surface area contributed by atoms with Gasteiger partial charge in [-0.1, -0.05) is 29.3 Å². The summed E-state index contributed by atoms with van der Waals surface area (Å²) in [5.41, 5.74) is 4.98. The Morgan fingerprint density at radius 1 is 1.03 bits per heavy atom. The van der Waals surface area contributed by atoms with Gasteiger partial charge in [-0.2, -0.15) is 0 Å². The van der Waals surface area contributed by atoms with E-state index in [1.165, 1.54) is 0 Å². The predicted octanol–water partition coefficient (Wildman–Crippen LogP) is 6.49. The summed E-state index contributed by atoms with van der Waals surface area (Å²) in [4.78, 5) is 22.9. The van der Waals surface area contributed by atoms with Gasteiger partial charge in [0.15, 0.2) is 0 Å². The third-order valence-corrected chi connectivity index (χ3v) is 6.81. The van der Waals surface area contributed by atoms with Crippen LogP contribution in [-0.2, 0) is 35.3 Å². The summed E-state index contributed by atoms with van der Waals surface area (Å²) in [7, 11) is 0. The summed E-state index contributed by atoms with van der Waals surface area (Å²) in [6, 6.07) is 12.3. The maximum absolute atomic E-state index is 12.0. The molecule has 182 valence electrons. The van der Waals surface area contributed by atoms with Gasteiger partial charge >= 0.3 is 5.97 Å². The average molecular weight is 514 g/mol. The number of anilines is 1. The summed E-state index contributed by atoms with van der Waals surface area (Å²) >= 11 is 12.6. The second-order valence-electron chi connectivity index (χ2n) is 8.59. The van der Waals surface area contributed by atoms with E-state index in [1.807, 2.05) is 19.1 Å². The van der Waals surface area contributed by atoms with Gasteiger partial charge in [-0.05, 0) is 97.7 Å². The molecule has 35 heavy (non-hydrogen) atoms. The largest absolute Gasteiger partial charge is 0.508 e. The van der Waals surface area contributed by atoms with Crippen molar-refractivity contribution in [2.75, 3.05) is 5.32 Å². The molecule has 0 heterocycles. The molecule has 0 unspecified atom stereocenters. The van der Waals surface area contributed by atoms with E-state index in [9.17, 15) is 14.7 Å². The van der Waals surface area contributed by atoms with Crippen molar-refractivity contribution in [2.45, 2.75) is 45.4 Å². The van der Waals surface area contributed by atoms with E-state index >= 15 is 0 Å². The van der Waals surface area contributed by atoms with Crippen LogP contribution in [0.3, 0.4) is 0 Å². The number of hydrogen-bond donors (Lipinski definition) is 3. The van der Waals surface area contributed by atoms with Crippen LogP contribution in [0.1, 0.15) is 40.7 Å². The number of benzene rings is 3. The first-order valence-electron chi connectivity index (χ1n) is 11.3. The zero-order valence-corrected chi connectivity index (χ0v) is 20.7. The van der Waals surface area contributed by atoms with Crippen LogP contribution in [0.15, 0.2) is 42.5 Å². The zero-order chi connectivity index (χ0) is 25.1. The topological polar surface area (TPSA) is 95.9 Å². The Hall–Kier alpha value is -3.22. The van der Waals surface area contributed by atoms with E-state index in [0.717, 1.165) is 47.3 Å². The number of carbonyl (C=O) groups is 2. The molecule has 3 aromatic rings. The number of hydrogen-bond acceptors (Lipinski definition) is 4. The van der Waals surface area contributed by atoms with Crippen LogP contribution in [0.2, 0.25) is 10.0 Å². The fourth-order valence-electron chi connectivity index (χ4n) is 4.46. The van der Waals surface area contributed by atoms with Crippen LogP contribution < -0.4 is 10.1 Å². The number of carbonyl (C=O) groups excluding carboxylic acids is 1. The molecule has 1 aliphatic rings. The fourth-order valence-corrected chi connectivity index (χ4v) is 5.04. The third-order valence-electron chi connectivity index (χ3n) is 6.10. The molecule has 0 radical (unpaired) electrons. The van der Waals surface area contributed by atoms with E-state index < -0.39 is 18.3 Å². The Bertz CT molecular complexity index is 1280. The number of phenolic OH excluding ortho intramolecular Hbond substituents is 1. The molecule has 0 atom stereocenters. The molecule has 1 aliphatic carbocycles. The number of aromatic hydroxyl groups is 1. The van der Waals surface area contributed by atoms with Crippen LogP contribution in [-0.4, -0.2) is 22.1 Å². The summed E-state index contributed by atoms with van der Waals surface area (Å²) in [5, 5.41) is 23.2. The van der Waals surface area contributed by atoms with Gasteiger partial charge in [-0.25, -0.2) is 0 Å². The maximum Gasteiger partial charge on any atom is 0.312 e. The van der Waals surface area contributed by atoms with Gasteiger partial charge in [0.05, 0.1) is 0 Å². The number of aliphatic carboxylic acids is 1. The quantitative estimate of drug-likeness (QED) is 0.299. The highest BCUT2D eigenvalue weighted by atomic mass is 35.5. The SMILES string of the molecule is Cc1cc(NC(=O)CC(=O)O)c2c(c1Oc1ccc(O)c(CCc3c(Cl)cccc3Cl)c1)CCC2. The first-order chi connectivity index (χ1) is 16.7. The fraction of sp³-hybridized carbons (Fsp3) is 0.259.